The summed E-state index contributed by atoms with van der Waals surface area (Å²) in [6, 6.07) is -0.121. The Balaban J connectivity index is 3.39. The molecule has 92 valence electrons. The SMILES string of the molecule is Cc1c(S(=O)(=O)N(C)C(C)C)c(N)nn1C. The van der Waals surface area contributed by atoms with Gasteiger partial charge in [0.15, 0.2) is 5.82 Å². The van der Waals surface area contributed by atoms with Crippen LogP contribution in [0.3, 0.4) is 0 Å². The molecule has 1 aromatic heterocycles. The minimum atomic E-state index is -3.55. The zero-order valence-electron chi connectivity index (χ0n) is 10.2. The van der Waals surface area contributed by atoms with E-state index in [4.69, 9.17) is 5.73 Å². The van der Waals surface area contributed by atoms with E-state index in [1.807, 2.05) is 0 Å². The fourth-order valence-electron chi connectivity index (χ4n) is 1.35. The summed E-state index contributed by atoms with van der Waals surface area (Å²) in [7, 11) is -0.353. The summed E-state index contributed by atoms with van der Waals surface area (Å²) in [4.78, 5) is 0.103. The third kappa shape index (κ3) is 1.92. The van der Waals surface area contributed by atoms with Crippen LogP contribution in [0.5, 0.6) is 0 Å². The fraction of sp³-hybridized carbons (Fsp3) is 0.667. The first-order chi connectivity index (χ1) is 7.19. The van der Waals surface area contributed by atoms with E-state index < -0.39 is 10.0 Å². The zero-order valence-corrected chi connectivity index (χ0v) is 11.0. The highest BCUT2D eigenvalue weighted by atomic mass is 32.2. The van der Waals surface area contributed by atoms with Gasteiger partial charge < -0.3 is 5.73 Å². The van der Waals surface area contributed by atoms with E-state index in [-0.39, 0.29) is 16.8 Å². The number of aromatic nitrogens is 2. The molecule has 0 amide bonds. The number of nitrogens with two attached hydrogens (primary N) is 1. The largest absolute Gasteiger partial charge is 0.381 e. The van der Waals surface area contributed by atoms with Gasteiger partial charge in [0.2, 0.25) is 10.0 Å². The van der Waals surface area contributed by atoms with Gasteiger partial charge in [-0.2, -0.15) is 9.40 Å². The van der Waals surface area contributed by atoms with Crippen molar-refractivity contribution in [1.29, 1.82) is 0 Å². The molecule has 0 saturated heterocycles. The van der Waals surface area contributed by atoms with E-state index in [1.165, 1.54) is 16.0 Å². The molecule has 0 radical (unpaired) electrons. The lowest BCUT2D eigenvalue weighted by atomic mass is 10.4. The number of anilines is 1. The van der Waals surface area contributed by atoms with Crippen molar-refractivity contribution in [3.63, 3.8) is 0 Å². The molecule has 0 fully saturated rings. The number of sulfonamides is 1. The van der Waals surface area contributed by atoms with Crippen molar-refractivity contribution in [3.05, 3.63) is 5.69 Å². The Kier molecular flexibility index (Phi) is 3.30. The highest BCUT2D eigenvalue weighted by molar-refractivity contribution is 7.89. The minimum absolute atomic E-state index is 0.0486. The Hall–Kier alpha value is -1.08. The van der Waals surface area contributed by atoms with Gasteiger partial charge >= 0.3 is 0 Å². The van der Waals surface area contributed by atoms with Crippen LogP contribution in [0.1, 0.15) is 19.5 Å². The summed E-state index contributed by atoms with van der Waals surface area (Å²) in [6.45, 7) is 5.29. The number of rotatable bonds is 3. The van der Waals surface area contributed by atoms with Crippen LogP contribution in [0, 0.1) is 6.92 Å². The summed E-state index contributed by atoms with van der Waals surface area (Å²) in [5, 5.41) is 3.91. The van der Waals surface area contributed by atoms with Gasteiger partial charge in [-0.15, -0.1) is 0 Å². The molecule has 1 rings (SSSR count). The van der Waals surface area contributed by atoms with Crippen molar-refractivity contribution in [2.24, 2.45) is 7.05 Å². The van der Waals surface area contributed by atoms with E-state index >= 15 is 0 Å². The van der Waals surface area contributed by atoms with E-state index in [0.29, 0.717) is 5.69 Å². The highest BCUT2D eigenvalue weighted by Crippen LogP contribution is 2.25. The Morgan fingerprint density at radius 1 is 1.44 bits per heavy atom. The number of nitrogen functional groups attached to an aromatic ring is 1. The van der Waals surface area contributed by atoms with Gasteiger partial charge in [0.25, 0.3) is 0 Å². The van der Waals surface area contributed by atoms with Crippen molar-refractivity contribution in [1.82, 2.24) is 14.1 Å². The van der Waals surface area contributed by atoms with Crippen LogP contribution in [0.25, 0.3) is 0 Å². The van der Waals surface area contributed by atoms with Gasteiger partial charge in [-0.25, -0.2) is 8.42 Å². The topological polar surface area (TPSA) is 81.2 Å². The average Bonchev–Trinajstić information content (AvgIpc) is 2.39. The summed E-state index contributed by atoms with van der Waals surface area (Å²) in [5.74, 6) is 0.0486. The van der Waals surface area contributed by atoms with Gasteiger partial charge in [0.05, 0.1) is 5.69 Å². The van der Waals surface area contributed by atoms with Crippen LogP contribution >= 0.6 is 0 Å². The van der Waals surface area contributed by atoms with Crippen LogP contribution in [-0.2, 0) is 17.1 Å². The van der Waals surface area contributed by atoms with Crippen LogP contribution < -0.4 is 5.73 Å². The Morgan fingerprint density at radius 3 is 2.25 bits per heavy atom. The lowest BCUT2D eigenvalue weighted by Crippen LogP contribution is -2.33. The molecule has 0 bridgehead atoms. The molecule has 16 heavy (non-hydrogen) atoms. The van der Waals surface area contributed by atoms with Crippen molar-refractivity contribution in [3.8, 4) is 0 Å². The molecule has 1 heterocycles. The van der Waals surface area contributed by atoms with Gasteiger partial charge in [-0.3, -0.25) is 4.68 Å². The minimum Gasteiger partial charge on any atom is -0.381 e. The average molecular weight is 246 g/mol. The van der Waals surface area contributed by atoms with Gasteiger partial charge in [0, 0.05) is 20.1 Å². The smallest absolute Gasteiger partial charge is 0.248 e. The first-order valence-corrected chi connectivity index (χ1v) is 6.40. The molecule has 0 aliphatic rings. The first-order valence-electron chi connectivity index (χ1n) is 4.96. The van der Waals surface area contributed by atoms with Crippen LogP contribution in [0.4, 0.5) is 5.82 Å². The second kappa shape index (κ2) is 4.06. The second-order valence-electron chi connectivity index (χ2n) is 4.04. The van der Waals surface area contributed by atoms with Gasteiger partial charge in [0.1, 0.15) is 4.90 Å². The van der Waals surface area contributed by atoms with Crippen LogP contribution in [0.2, 0.25) is 0 Å². The van der Waals surface area contributed by atoms with Gasteiger partial charge in [-0.05, 0) is 20.8 Å². The van der Waals surface area contributed by atoms with E-state index in [2.05, 4.69) is 5.10 Å². The molecule has 6 nitrogen and oxygen atoms in total. The molecule has 0 aliphatic heterocycles. The van der Waals surface area contributed by atoms with Crippen molar-refractivity contribution in [2.45, 2.75) is 31.7 Å². The molecule has 0 aliphatic carbocycles. The van der Waals surface area contributed by atoms with Crippen molar-refractivity contribution in [2.75, 3.05) is 12.8 Å². The normalized spacial score (nSPS) is 12.7. The lowest BCUT2D eigenvalue weighted by molar-refractivity contribution is 0.410. The number of aryl methyl sites for hydroxylation is 1. The first kappa shape index (κ1) is 13.0. The van der Waals surface area contributed by atoms with E-state index in [0.717, 1.165) is 0 Å². The molecule has 0 spiro atoms. The molecule has 1 aromatic rings. The Labute approximate surface area is 96.1 Å². The summed E-state index contributed by atoms with van der Waals surface area (Å²) in [6.07, 6.45) is 0. The van der Waals surface area contributed by atoms with Crippen LogP contribution in [-0.4, -0.2) is 35.6 Å². The van der Waals surface area contributed by atoms with Crippen molar-refractivity contribution < 1.29 is 8.42 Å². The number of nitrogens with zero attached hydrogens (tertiary/aromatic N) is 3. The lowest BCUT2D eigenvalue weighted by Gasteiger charge is -2.20. The monoisotopic (exact) mass is 246 g/mol. The molecule has 0 saturated carbocycles. The quantitative estimate of drug-likeness (QED) is 0.834. The maximum Gasteiger partial charge on any atom is 0.248 e. The Morgan fingerprint density at radius 2 is 1.94 bits per heavy atom. The summed E-state index contributed by atoms with van der Waals surface area (Å²) in [5.41, 5.74) is 6.17. The highest BCUT2D eigenvalue weighted by Gasteiger charge is 2.30. The van der Waals surface area contributed by atoms with E-state index in [1.54, 1.807) is 27.8 Å². The number of hydrogen-bond donors (Lipinski definition) is 1. The fourth-order valence-corrected chi connectivity index (χ4v) is 3.01. The maximum atomic E-state index is 12.2. The predicted molar refractivity (Wildman–Crippen MR) is 62.4 cm³/mol. The molecule has 0 atom stereocenters. The molecule has 2 N–H and O–H groups in total. The molecule has 0 unspecified atom stereocenters. The van der Waals surface area contributed by atoms with Crippen molar-refractivity contribution >= 4 is 15.8 Å². The summed E-state index contributed by atoms with van der Waals surface area (Å²) >= 11 is 0. The Bertz CT molecular complexity index is 490. The van der Waals surface area contributed by atoms with Gasteiger partial charge in [-0.1, -0.05) is 0 Å². The van der Waals surface area contributed by atoms with E-state index in [9.17, 15) is 8.42 Å². The third-order valence-corrected chi connectivity index (χ3v) is 4.87. The second-order valence-corrected chi connectivity index (χ2v) is 5.97. The predicted octanol–water partition coefficient (Wildman–Crippen LogP) is 0.340. The maximum absolute atomic E-state index is 12.2. The molecular weight excluding hydrogens is 228 g/mol. The number of hydrogen-bond acceptors (Lipinski definition) is 4. The zero-order chi connectivity index (χ0) is 12.7. The standard InChI is InChI=1S/C9H18N4O2S/c1-6(2)13(5)16(14,15)8-7(3)12(4)11-9(8)10/h6H,1-5H3,(H2,10,11). The third-order valence-electron chi connectivity index (χ3n) is 2.67. The molecular formula is C9H18N4O2S. The molecule has 0 aromatic carbocycles. The van der Waals surface area contributed by atoms with Crippen LogP contribution in [0.15, 0.2) is 4.90 Å². The molecule has 7 heteroatoms. The summed E-state index contributed by atoms with van der Waals surface area (Å²) < 4.78 is 27.2.